The fraction of sp³-hybridized carbons (Fsp3) is 0.200. The van der Waals surface area contributed by atoms with Crippen LogP contribution in [0.15, 0.2) is 52.3 Å². The number of fused-ring (bicyclic) bond motifs is 1. The van der Waals surface area contributed by atoms with Crippen molar-refractivity contribution in [2.45, 2.75) is 6.61 Å². The summed E-state index contributed by atoms with van der Waals surface area (Å²) in [4.78, 5) is 26.3. The summed E-state index contributed by atoms with van der Waals surface area (Å²) in [6.07, 6.45) is 0. The van der Waals surface area contributed by atoms with Crippen LogP contribution in [0.5, 0.6) is 5.75 Å². The fourth-order valence-electron chi connectivity index (χ4n) is 2.58. The van der Waals surface area contributed by atoms with Crippen molar-refractivity contribution in [3.8, 4) is 5.75 Å². The number of methoxy groups -OCH3 is 1. The lowest BCUT2D eigenvalue weighted by Gasteiger charge is -2.15. The molecule has 0 spiro atoms. The Morgan fingerprint density at radius 1 is 1.07 bits per heavy atom. The van der Waals surface area contributed by atoms with Crippen molar-refractivity contribution in [3.05, 3.63) is 62.8 Å². The number of likely N-dealkylation sites (N-methyl/N-ethyl adjacent to an activating group) is 1. The highest BCUT2D eigenvalue weighted by Crippen LogP contribution is 2.23. The number of halogens is 1. The highest BCUT2D eigenvalue weighted by molar-refractivity contribution is 9.11. The van der Waals surface area contributed by atoms with Crippen LogP contribution in [0.2, 0.25) is 0 Å². The number of ether oxygens (including phenoxy) is 2. The van der Waals surface area contributed by atoms with Crippen LogP contribution in [-0.2, 0) is 16.1 Å². The number of carbonyl (C=O) groups excluding carboxylic acids is 2. The molecule has 1 amide bonds. The van der Waals surface area contributed by atoms with Crippen LogP contribution >= 0.6 is 27.3 Å². The molecule has 0 saturated carbocycles. The van der Waals surface area contributed by atoms with E-state index in [9.17, 15) is 9.59 Å². The van der Waals surface area contributed by atoms with Gasteiger partial charge in [0.25, 0.3) is 5.91 Å². The summed E-state index contributed by atoms with van der Waals surface area (Å²) < 4.78 is 11.4. The molecule has 0 aliphatic heterocycles. The van der Waals surface area contributed by atoms with Crippen molar-refractivity contribution >= 4 is 49.9 Å². The second kappa shape index (κ2) is 8.54. The summed E-state index contributed by atoms with van der Waals surface area (Å²) in [5.74, 6) is 0.144. The zero-order valence-electron chi connectivity index (χ0n) is 14.9. The number of benzene rings is 2. The van der Waals surface area contributed by atoms with E-state index in [1.54, 1.807) is 26.3 Å². The van der Waals surface area contributed by atoms with E-state index in [-0.39, 0.29) is 19.1 Å². The molecule has 0 unspecified atom stereocenters. The molecule has 0 fully saturated rings. The van der Waals surface area contributed by atoms with Crippen LogP contribution in [0.1, 0.15) is 15.2 Å². The number of carbonyl (C=O) groups is 2. The van der Waals surface area contributed by atoms with Gasteiger partial charge in [0.2, 0.25) is 0 Å². The summed E-state index contributed by atoms with van der Waals surface area (Å²) in [5, 5.41) is 2.09. The van der Waals surface area contributed by atoms with Gasteiger partial charge >= 0.3 is 5.97 Å². The molecule has 5 nitrogen and oxygen atoms in total. The Balaban J connectivity index is 1.57. The Labute approximate surface area is 169 Å². The molecule has 0 N–H and O–H groups in total. The topological polar surface area (TPSA) is 55.8 Å². The van der Waals surface area contributed by atoms with Gasteiger partial charge in [0.05, 0.1) is 15.8 Å². The monoisotopic (exact) mass is 447 g/mol. The quantitative estimate of drug-likeness (QED) is 0.522. The largest absolute Gasteiger partial charge is 0.497 e. The first-order valence-electron chi connectivity index (χ1n) is 8.19. The lowest BCUT2D eigenvalue weighted by atomic mass is 10.1. The minimum atomic E-state index is -0.448. The van der Waals surface area contributed by atoms with Gasteiger partial charge in [0.15, 0.2) is 0 Å². The van der Waals surface area contributed by atoms with Crippen LogP contribution in [0.4, 0.5) is 0 Å². The molecule has 0 saturated heterocycles. The van der Waals surface area contributed by atoms with Crippen LogP contribution in [-0.4, -0.2) is 37.5 Å². The number of nitrogens with zero attached hydrogens (tertiary/aromatic N) is 1. The minimum Gasteiger partial charge on any atom is -0.497 e. The van der Waals surface area contributed by atoms with Crippen LogP contribution in [0, 0.1) is 0 Å². The second-order valence-electron chi connectivity index (χ2n) is 5.97. The molecule has 0 atom stereocenters. The Hall–Kier alpha value is -2.38. The van der Waals surface area contributed by atoms with Crippen LogP contribution in [0.25, 0.3) is 10.8 Å². The first kappa shape index (κ1) is 19.4. The minimum absolute atomic E-state index is 0.0981. The Morgan fingerprint density at radius 3 is 2.52 bits per heavy atom. The van der Waals surface area contributed by atoms with Gasteiger partial charge in [-0.05, 0) is 62.6 Å². The van der Waals surface area contributed by atoms with Crippen LogP contribution in [0.3, 0.4) is 0 Å². The third kappa shape index (κ3) is 4.87. The Kier molecular flexibility index (Phi) is 6.13. The maximum Gasteiger partial charge on any atom is 0.325 e. The Morgan fingerprint density at radius 2 is 1.81 bits per heavy atom. The molecule has 0 aliphatic carbocycles. The molecule has 3 rings (SSSR count). The molecule has 1 heterocycles. The van der Waals surface area contributed by atoms with Gasteiger partial charge in [-0.15, -0.1) is 11.3 Å². The SMILES string of the molecule is COc1ccc2cc(COC(=O)CN(C)C(=O)c3ccc(Br)s3)ccc2c1. The molecule has 1 aromatic heterocycles. The summed E-state index contributed by atoms with van der Waals surface area (Å²) >= 11 is 4.65. The van der Waals surface area contributed by atoms with Crippen LogP contribution < -0.4 is 4.74 Å². The predicted octanol–water partition coefficient (Wildman–Crippen LogP) is 4.49. The number of thiophene rings is 1. The number of hydrogen-bond donors (Lipinski definition) is 0. The zero-order chi connectivity index (χ0) is 19.4. The lowest BCUT2D eigenvalue weighted by molar-refractivity contribution is -0.145. The van der Waals surface area contributed by atoms with E-state index in [1.807, 2.05) is 36.4 Å². The van der Waals surface area contributed by atoms with Crippen molar-refractivity contribution in [1.29, 1.82) is 0 Å². The van der Waals surface area contributed by atoms with Gasteiger partial charge in [-0.1, -0.05) is 18.2 Å². The van der Waals surface area contributed by atoms with Gasteiger partial charge < -0.3 is 14.4 Å². The Bertz CT molecular complexity index is 985. The molecule has 27 heavy (non-hydrogen) atoms. The molecule has 140 valence electrons. The van der Waals surface area contributed by atoms with E-state index in [0.717, 1.165) is 25.9 Å². The van der Waals surface area contributed by atoms with E-state index in [4.69, 9.17) is 9.47 Å². The molecule has 0 radical (unpaired) electrons. The second-order valence-corrected chi connectivity index (χ2v) is 8.44. The lowest BCUT2D eigenvalue weighted by Crippen LogP contribution is -2.32. The van der Waals surface area contributed by atoms with Crippen molar-refractivity contribution in [1.82, 2.24) is 4.90 Å². The number of esters is 1. The van der Waals surface area contributed by atoms with Crippen molar-refractivity contribution in [2.75, 3.05) is 20.7 Å². The molecule has 0 bridgehead atoms. The molecule has 7 heteroatoms. The summed E-state index contributed by atoms with van der Waals surface area (Å²) in [6, 6.07) is 15.2. The standard InChI is InChI=1S/C20H18BrNO4S/c1-22(20(24)17-7-8-18(21)27-17)11-19(23)26-12-13-3-4-15-10-16(25-2)6-5-14(15)9-13/h3-10H,11-12H2,1-2H3. The van der Waals surface area contributed by atoms with Gasteiger partial charge in [-0.25, -0.2) is 0 Å². The first-order valence-corrected chi connectivity index (χ1v) is 9.80. The number of rotatable bonds is 6. The van der Waals surface area contributed by atoms with Gasteiger partial charge in [0.1, 0.15) is 18.9 Å². The molecule has 2 aromatic carbocycles. The maximum atomic E-state index is 12.3. The third-order valence-electron chi connectivity index (χ3n) is 4.01. The van der Waals surface area contributed by atoms with Gasteiger partial charge in [-0.3, -0.25) is 9.59 Å². The van der Waals surface area contributed by atoms with E-state index in [1.165, 1.54) is 16.2 Å². The van der Waals surface area contributed by atoms with E-state index >= 15 is 0 Å². The predicted molar refractivity (Wildman–Crippen MR) is 109 cm³/mol. The first-order chi connectivity index (χ1) is 13.0. The molecular weight excluding hydrogens is 430 g/mol. The van der Waals surface area contributed by atoms with Gasteiger partial charge in [0, 0.05) is 7.05 Å². The average molecular weight is 448 g/mol. The highest BCUT2D eigenvalue weighted by atomic mass is 79.9. The smallest absolute Gasteiger partial charge is 0.325 e. The average Bonchev–Trinajstić information content (AvgIpc) is 3.11. The van der Waals surface area contributed by atoms with E-state index < -0.39 is 5.97 Å². The summed E-state index contributed by atoms with van der Waals surface area (Å²) in [5.41, 5.74) is 0.886. The van der Waals surface area contributed by atoms with Crippen molar-refractivity contribution in [3.63, 3.8) is 0 Å². The van der Waals surface area contributed by atoms with Crippen molar-refractivity contribution in [2.24, 2.45) is 0 Å². The molecule has 0 aliphatic rings. The van der Waals surface area contributed by atoms with E-state index in [0.29, 0.717) is 4.88 Å². The highest BCUT2D eigenvalue weighted by Gasteiger charge is 2.17. The van der Waals surface area contributed by atoms with Crippen molar-refractivity contribution < 1.29 is 19.1 Å². The summed E-state index contributed by atoms with van der Waals surface area (Å²) in [7, 11) is 3.22. The normalized spacial score (nSPS) is 10.6. The number of amides is 1. The van der Waals surface area contributed by atoms with Gasteiger partial charge in [-0.2, -0.15) is 0 Å². The molecular formula is C20H18BrNO4S. The fourth-order valence-corrected chi connectivity index (χ4v) is 3.96. The molecule has 3 aromatic rings. The van der Waals surface area contributed by atoms with E-state index in [2.05, 4.69) is 15.9 Å². The zero-order valence-corrected chi connectivity index (χ0v) is 17.3. The third-order valence-corrected chi connectivity index (χ3v) is 5.62. The number of hydrogen-bond acceptors (Lipinski definition) is 5. The maximum absolute atomic E-state index is 12.3. The summed E-state index contributed by atoms with van der Waals surface area (Å²) in [6.45, 7) is 0.0620.